The van der Waals surface area contributed by atoms with Gasteiger partial charge in [0, 0.05) is 0 Å². The third-order valence-electron chi connectivity index (χ3n) is 5.59. The molecule has 0 atom stereocenters. The molecule has 0 saturated carbocycles. The summed E-state index contributed by atoms with van der Waals surface area (Å²) in [7, 11) is 0. The van der Waals surface area contributed by atoms with E-state index in [2.05, 4.69) is 0 Å². The summed E-state index contributed by atoms with van der Waals surface area (Å²) in [5, 5.41) is 95.2. The van der Waals surface area contributed by atoms with Crippen LogP contribution in [0.25, 0.3) is 0 Å². The van der Waals surface area contributed by atoms with Crippen molar-refractivity contribution >= 4 is 53.8 Å². The fraction of sp³-hybridized carbons (Fsp3) is 0. The molecule has 0 amide bonds. The molecule has 0 fully saturated rings. The predicted octanol–water partition coefficient (Wildman–Crippen LogP) is -1.08. The van der Waals surface area contributed by atoms with Gasteiger partial charge in [0.1, 0.15) is 0 Å². The van der Waals surface area contributed by atoms with Gasteiger partial charge in [-0.3, -0.25) is 0 Å². The van der Waals surface area contributed by atoms with Gasteiger partial charge in [-0.05, 0) is 30.3 Å². The van der Waals surface area contributed by atoms with Crippen molar-refractivity contribution < 1.29 is 105 Å². The summed E-state index contributed by atoms with van der Waals surface area (Å²) in [6.45, 7) is 0. The minimum absolute atomic E-state index is 0. The molecule has 5 aromatic carbocycles. The second kappa shape index (κ2) is 25.2. The van der Waals surface area contributed by atoms with E-state index in [4.69, 9.17) is 25.5 Å². The maximum Gasteiger partial charge on any atom is 4.00 e. The standard InChI is InChI=1S/5C7H6O3.Na.Sn/c5*8-6-4-2-1-3-5(6)7(9)10;;/h5*1-4,8H,(H,9,10);;/q;;;;;+1;+4/p-5. The number of carboxylic acid groups (broad SMARTS) is 5. The fourth-order valence-corrected chi connectivity index (χ4v) is 3.22. The van der Waals surface area contributed by atoms with Gasteiger partial charge < -0.3 is 51.1 Å². The molecule has 0 unspecified atom stereocenters. The van der Waals surface area contributed by atoms with Gasteiger partial charge in [0.25, 0.3) is 0 Å². The molecule has 0 aliphatic rings. The number of benzene rings is 5. The van der Waals surface area contributed by atoms with Crippen molar-refractivity contribution in [1.82, 2.24) is 0 Å². The van der Waals surface area contributed by atoms with Crippen LogP contribution in [-0.4, -0.2) is 79.3 Å². The second-order valence-corrected chi connectivity index (χ2v) is 9.01. The summed E-state index contributed by atoms with van der Waals surface area (Å²) >= 11 is 0. The van der Waals surface area contributed by atoms with E-state index in [1.54, 1.807) is 0 Å². The molecule has 260 valence electrons. The van der Waals surface area contributed by atoms with Crippen molar-refractivity contribution in [2.75, 3.05) is 0 Å². The van der Waals surface area contributed by atoms with E-state index in [1.165, 1.54) is 121 Å². The van der Waals surface area contributed by atoms with Crippen molar-refractivity contribution in [2.24, 2.45) is 0 Å². The minimum Gasteiger partial charge on any atom is -0.872 e. The molecule has 17 heteroatoms. The van der Waals surface area contributed by atoms with Crippen LogP contribution in [0.3, 0.4) is 0 Å². The number of para-hydroxylation sites is 5. The van der Waals surface area contributed by atoms with Crippen LogP contribution in [0.5, 0.6) is 28.7 Å². The van der Waals surface area contributed by atoms with Crippen LogP contribution in [-0.2, 0) is 0 Å². The van der Waals surface area contributed by atoms with Crippen molar-refractivity contribution in [3.8, 4) is 28.7 Å². The van der Waals surface area contributed by atoms with Crippen LogP contribution in [0.15, 0.2) is 121 Å². The first-order chi connectivity index (χ1) is 23.6. The molecule has 0 radical (unpaired) electrons. The third-order valence-corrected chi connectivity index (χ3v) is 5.59. The first-order valence-electron chi connectivity index (χ1n) is 13.5. The Morgan fingerprint density at radius 3 is 0.500 bits per heavy atom. The zero-order valence-corrected chi connectivity index (χ0v) is 31.7. The fourth-order valence-electron chi connectivity index (χ4n) is 3.22. The van der Waals surface area contributed by atoms with Gasteiger partial charge in [0.2, 0.25) is 0 Å². The molecule has 5 aromatic rings. The van der Waals surface area contributed by atoms with Crippen molar-refractivity contribution in [3.63, 3.8) is 0 Å². The molecule has 0 aliphatic carbocycles. The van der Waals surface area contributed by atoms with Gasteiger partial charge in [-0.15, -0.1) is 0 Å². The molecule has 0 spiro atoms. The Balaban J connectivity index is 0. The largest absolute Gasteiger partial charge is 4.00 e. The van der Waals surface area contributed by atoms with E-state index in [1.807, 2.05) is 0 Å². The molecular formula is C35H25NaO15Sn. The average Bonchev–Trinajstić information content (AvgIpc) is 3.06. The van der Waals surface area contributed by atoms with Crippen molar-refractivity contribution in [3.05, 3.63) is 149 Å². The molecule has 0 aromatic heterocycles. The quantitative estimate of drug-likeness (QED) is 0.132. The van der Waals surface area contributed by atoms with Crippen LogP contribution in [0, 0.1) is 0 Å². The monoisotopic (exact) mass is 828 g/mol. The van der Waals surface area contributed by atoms with Gasteiger partial charge >= 0.3 is 83.3 Å². The zero-order chi connectivity index (χ0) is 37.8. The minimum atomic E-state index is -1.18. The summed E-state index contributed by atoms with van der Waals surface area (Å²) in [5.41, 5.74) is -0.891. The Hall–Kier alpha value is -5.75. The number of hydrogen-bond donors (Lipinski definition) is 5. The van der Waals surface area contributed by atoms with Crippen LogP contribution in [0.1, 0.15) is 51.8 Å². The van der Waals surface area contributed by atoms with Crippen LogP contribution in [0.2, 0.25) is 0 Å². The zero-order valence-electron chi connectivity index (χ0n) is 26.9. The summed E-state index contributed by atoms with van der Waals surface area (Å²) in [5.74, 6) is -8.12. The van der Waals surface area contributed by atoms with E-state index >= 15 is 0 Å². The number of aromatic carboxylic acids is 5. The summed E-state index contributed by atoms with van der Waals surface area (Å²) in [6, 6.07) is 27.7. The van der Waals surface area contributed by atoms with Crippen LogP contribution in [0.4, 0.5) is 0 Å². The van der Waals surface area contributed by atoms with Crippen LogP contribution >= 0.6 is 0 Å². The summed E-state index contributed by atoms with van der Waals surface area (Å²) < 4.78 is 0. The molecule has 5 N–H and O–H groups in total. The first kappa shape index (κ1) is 48.4. The van der Waals surface area contributed by atoms with Gasteiger partial charge in [0.05, 0.1) is 27.8 Å². The molecule has 0 bridgehead atoms. The Morgan fingerprint density at radius 1 is 0.308 bits per heavy atom. The molecular weight excluding hydrogens is 802 g/mol. The Bertz CT molecular complexity index is 1610. The molecule has 0 aliphatic heterocycles. The maximum absolute atomic E-state index is 10.7. The van der Waals surface area contributed by atoms with Gasteiger partial charge in [-0.1, -0.05) is 120 Å². The molecule has 0 heterocycles. The first-order valence-corrected chi connectivity index (χ1v) is 13.5. The van der Waals surface area contributed by atoms with Gasteiger partial charge in [0.15, 0.2) is 0 Å². The SMILES string of the molecule is O=C(O)c1ccccc1[O-].O=C(O)c1ccccc1[O-].O=C(O)c1ccccc1[O-].O=C(O)c1ccccc1[O-].O=C(O)c1ccccc1[O-].[Na+].[Sn+4]. The second-order valence-electron chi connectivity index (χ2n) is 9.01. The van der Waals surface area contributed by atoms with E-state index in [0.29, 0.717) is 0 Å². The van der Waals surface area contributed by atoms with Crippen molar-refractivity contribution in [2.45, 2.75) is 0 Å². The molecule has 5 rings (SSSR count). The molecule has 15 nitrogen and oxygen atoms in total. The van der Waals surface area contributed by atoms with E-state index in [0.717, 1.165) is 0 Å². The number of carboxylic acids is 5. The summed E-state index contributed by atoms with van der Waals surface area (Å²) in [4.78, 5) is 51.1. The van der Waals surface area contributed by atoms with Gasteiger partial charge in [-0.25, -0.2) is 24.0 Å². The normalized spacial score (nSPS) is 8.85. The predicted molar refractivity (Wildman–Crippen MR) is 170 cm³/mol. The maximum atomic E-state index is 10.7. The number of carbonyl (C=O) groups is 5. The number of rotatable bonds is 5. The van der Waals surface area contributed by atoms with E-state index in [9.17, 15) is 49.5 Å². The summed E-state index contributed by atoms with van der Waals surface area (Å²) in [6.07, 6.45) is 0. The topological polar surface area (TPSA) is 302 Å². The van der Waals surface area contributed by atoms with Crippen molar-refractivity contribution in [1.29, 1.82) is 0 Å². The molecule has 52 heavy (non-hydrogen) atoms. The van der Waals surface area contributed by atoms with Crippen LogP contribution < -0.4 is 55.1 Å². The number of hydrogen-bond acceptors (Lipinski definition) is 10. The average molecular weight is 827 g/mol. The van der Waals surface area contributed by atoms with E-state index < -0.39 is 58.6 Å². The van der Waals surface area contributed by atoms with E-state index in [-0.39, 0.29) is 81.3 Å². The molecule has 0 saturated heterocycles. The Labute approximate surface area is 334 Å². The Morgan fingerprint density at radius 2 is 0.423 bits per heavy atom. The Kier molecular flexibility index (Phi) is 23.5. The smallest absolute Gasteiger partial charge is 0.872 e. The van der Waals surface area contributed by atoms with Gasteiger partial charge in [-0.2, -0.15) is 0 Å². The third kappa shape index (κ3) is 17.3.